The van der Waals surface area contributed by atoms with Gasteiger partial charge in [0, 0.05) is 6.42 Å². The van der Waals surface area contributed by atoms with E-state index in [-0.39, 0.29) is 12.1 Å². The van der Waals surface area contributed by atoms with E-state index in [9.17, 15) is 9.90 Å². The quantitative estimate of drug-likeness (QED) is 0.374. The highest BCUT2D eigenvalue weighted by atomic mass is 16.5. The molecule has 1 atom stereocenters. The minimum absolute atomic E-state index is 0.117. The van der Waals surface area contributed by atoms with Crippen molar-refractivity contribution < 1.29 is 14.6 Å². The molecule has 0 radical (unpaired) electrons. The summed E-state index contributed by atoms with van der Waals surface area (Å²) in [6.07, 6.45) is 14.1. The van der Waals surface area contributed by atoms with Gasteiger partial charge in [0.1, 0.15) is 0 Å². The van der Waals surface area contributed by atoms with E-state index >= 15 is 0 Å². The number of hydrogen-bond donors (Lipinski definition) is 1. The van der Waals surface area contributed by atoms with Crippen LogP contribution in [0.15, 0.2) is 0 Å². The molecule has 120 valence electrons. The molecule has 1 unspecified atom stereocenters. The van der Waals surface area contributed by atoms with Crippen LogP contribution in [0.5, 0.6) is 0 Å². The van der Waals surface area contributed by atoms with Crippen LogP contribution in [0.25, 0.3) is 0 Å². The van der Waals surface area contributed by atoms with E-state index in [1.165, 1.54) is 39.2 Å². The first kappa shape index (κ1) is 19.4. The lowest BCUT2D eigenvalue weighted by Gasteiger charge is -2.10. The predicted octanol–water partition coefficient (Wildman–Crippen LogP) is 4.61. The average Bonchev–Trinajstić information content (AvgIpc) is 2.46. The molecule has 0 aromatic carbocycles. The van der Waals surface area contributed by atoms with E-state index in [1.807, 2.05) is 0 Å². The van der Waals surface area contributed by atoms with Crippen molar-refractivity contribution in [2.45, 2.75) is 96.5 Å². The van der Waals surface area contributed by atoms with Crippen molar-refractivity contribution in [3.05, 3.63) is 0 Å². The summed E-state index contributed by atoms with van der Waals surface area (Å²) in [6.45, 7) is 2.23. The minimum Gasteiger partial charge on any atom is -0.469 e. The number of aliphatic hydroxyl groups excluding tert-OH is 1. The van der Waals surface area contributed by atoms with Crippen LogP contribution >= 0.6 is 0 Å². The van der Waals surface area contributed by atoms with Gasteiger partial charge in [0.15, 0.2) is 0 Å². The highest BCUT2D eigenvalue weighted by Crippen LogP contribution is 2.13. The molecule has 0 bridgehead atoms. The monoisotopic (exact) mass is 286 g/mol. The summed E-state index contributed by atoms with van der Waals surface area (Å²) in [7, 11) is 1.43. The first-order valence-corrected chi connectivity index (χ1v) is 8.45. The van der Waals surface area contributed by atoms with Crippen molar-refractivity contribution in [3.8, 4) is 0 Å². The van der Waals surface area contributed by atoms with Gasteiger partial charge in [0.05, 0.1) is 13.2 Å². The number of unbranched alkanes of at least 4 members (excludes halogenated alkanes) is 8. The van der Waals surface area contributed by atoms with E-state index in [0.29, 0.717) is 6.42 Å². The van der Waals surface area contributed by atoms with E-state index in [2.05, 4.69) is 11.7 Å². The van der Waals surface area contributed by atoms with Crippen LogP contribution < -0.4 is 0 Å². The fraction of sp³-hybridized carbons (Fsp3) is 0.941. The van der Waals surface area contributed by atoms with Gasteiger partial charge in [-0.3, -0.25) is 4.79 Å². The highest BCUT2D eigenvalue weighted by Gasteiger charge is 2.04. The largest absolute Gasteiger partial charge is 0.469 e. The van der Waals surface area contributed by atoms with Crippen LogP contribution in [-0.2, 0) is 9.53 Å². The number of ether oxygens (including phenoxy) is 1. The van der Waals surface area contributed by atoms with E-state index in [4.69, 9.17) is 0 Å². The Labute approximate surface area is 125 Å². The second-order valence-corrected chi connectivity index (χ2v) is 5.74. The average molecular weight is 286 g/mol. The molecule has 0 saturated carbocycles. The first-order chi connectivity index (χ1) is 9.70. The van der Waals surface area contributed by atoms with Gasteiger partial charge < -0.3 is 9.84 Å². The second kappa shape index (κ2) is 14.8. The standard InChI is InChI=1S/C17H34O3/c1-3-4-5-6-7-10-13-16(18)14-11-8-9-12-15-17(19)20-2/h16,18H,3-15H2,1-2H3. The lowest BCUT2D eigenvalue weighted by atomic mass is 10.0. The van der Waals surface area contributed by atoms with Crippen LogP contribution in [0.3, 0.4) is 0 Å². The molecular formula is C17H34O3. The summed E-state index contributed by atoms with van der Waals surface area (Å²) >= 11 is 0. The predicted molar refractivity (Wildman–Crippen MR) is 83.7 cm³/mol. The number of aliphatic hydroxyl groups is 1. The Hall–Kier alpha value is -0.570. The van der Waals surface area contributed by atoms with Crippen molar-refractivity contribution in [1.29, 1.82) is 0 Å². The summed E-state index contributed by atoms with van der Waals surface area (Å²) < 4.78 is 4.60. The van der Waals surface area contributed by atoms with E-state index in [1.54, 1.807) is 0 Å². The minimum atomic E-state index is -0.123. The van der Waals surface area contributed by atoms with Gasteiger partial charge in [-0.25, -0.2) is 0 Å². The van der Waals surface area contributed by atoms with Crippen molar-refractivity contribution in [2.75, 3.05) is 7.11 Å². The van der Waals surface area contributed by atoms with Crippen LogP contribution in [0, 0.1) is 0 Å². The molecule has 3 heteroatoms. The maximum Gasteiger partial charge on any atom is 0.305 e. The topological polar surface area (TPSA) is 46.5 Å². The molecule has 3 nitrogen and oxygen atoms in total. The molecule has 0 aliphatic heterocycles. The van der Waals surface area contributed by atoms with Crippen LogP contribution in [0.2, 0.25) is 0 Å². The molecule has 0 aromatic heterocycles. The van der Waals surface area contributed by atoms with E-state index in [0.717, 1.165) is 44.9 Å². The Morgan fingerprint density at radius 2 is 1.40 bits per heavy atom. The maximum absolute atomic E-state index is 10.9. The van der Waals surface area contributed by atoms with Gasteiger partial charge in [0.25, 0.3) is 0 Å². The second-order valence-electron chi connectivity index (χ2n) is 5.74. The molecule has 0 heterocycles. The Bertz CT molecular complexity index is 216. The Kier molecular flexibility index (Phi) is 14.4. The third-order valence-electron chi connectivity index (χ3n) is 3.79. The zero-order valence-corrected chi connectivity index (χ0v) is 13.5. The van der Waals surface area contributed by atoms with Crippen molar-refractivity contribution in [2.24, 2.45) is 0 Å². The van der Waals surface area contributed by atoms with Gasteiger partial charge >= 0.3 is 5.97 Å². The molecule has 0 fully saturated rings. The maximum atomic E-state index is 10.9. The van der Waals surface area contributed by atoms with Gasteiger partial charge in [-0.15, -0.1) is 0 Å². The molecule has 0 spiro atoms. The lowest BCUT2D eigenvalue weighted by molar-refractivity contribution is -0.140. The molecule has 0 aromatic rings. The molecule has 0 amide bonds. The molecule has 20 heavy (non-hydrogen) atoms. The lowest BCUT2D eigenvalue weighted by Crippen LogP contribution is -2.06. The zero-order chi connectivity index (χ0) is 15.1. The highest BCUT2D eigenvalue weighted by molar-refractivity contribution is 5.68. The molecule has 0 aliphatic rings. The van der Waals surface area contributed by atoms with Gasteiger partial charge in [-0.1, -0.05) is 64.7 Å². The summed E-state index contributed by atoms with van der Waals surface area (Å²) in [5.74, 6) is -0.117. The number of carbonyl (C=O) groups excluding carboxylic acids is 1. The van der Waals surface area contributed by atoms with Crippen molar-refractivity contribution in [1.82, 2.24) is 0 Å². The van der Waals surface area contributed by atoms with Crippen molar-refractivity contribution in [3.63, 3.8) is 0 Å². The number of carbonyl (C=O) groups is 1. The first-order valence-electron chi connectivity index (χ1n) is 8.45. The fourth-order valence-corrected chi connectivity index (χ4v) is 2.41. The van der Waals surface area contributed by atoms with Gasteiger partial charge in [-0.2, -0.15) is 0 Å². The molecule has 0 rings (SSSR count). The Morgan fingerprint density at radius 1 is 0.900 bits per heavy atom. The molecule has 0 aliphatic carbocycles. The third kappa shape index (κ3) is 13.9. The Morgan fingerprint density at radius 3 is 1.95 bits per heavy atom. The van der Waals surface area contributed by atoms with Gasteiger partial charge in [0.2, 0.25) is 0 Å². The normalized spacial score (nSPS) is 12.3. The summed E-state index contributed by atoms with van der Waals surface area (Å²) in [5.41, 5.74) is 0. The Balaban J connectivity index is 3.20. The van der Waals surface area contributed by atoms with Crippen LogP contribution in [0.1, 0.15) is 90.4 Å². The smallest absolute Gasteiger partial charge is 0.305 e. The number of hydrogen-bond acceptors (Lipinski definition) is 3. The summed E-state index contributed by atoms with van der Waals surface area (Å²) in [6, 6.07) is 0. The van der Waals surface area contributed by atoms with Crippen molar-refractivity contribution >= 4 is 5.97 Å². The zero-order valence-electron chi connectivity index (χ0n) is 13.5. The van der Waals surface area contributed by atoms with Gasteiger partial charge in [-0.05, 0) is 19.3 Å². The molecule has 1 N–H and O–H groups in total. The summed E-state index contributed by atoms with van der Waals surface area (Å²) in [4.78, 5) is 10.9. The summed E-state index contributed by atoms with van der Waals surface area (Å²) in [5, 5.41) is 9.86. The SMILES string of the molecule is CCCCCCCCC(O)CCCCCCC(=O)OC. The fourth-order valence-electron chi connectivity index (χ4n) is 2.41. The number of methoxy groups -OCH3 is 1. The van der Waals surface area contributed by atoms with Crippen LogP contribution in [0.4, 0.5) is 0 Å². The van der Waals surface area contributed by atoms with Crippen LogP contribution in [-0.4, -0.2) is 24.3 Å². The number of rotatable bonds is 14. The molecule has 0 saturated heterocycles. The van der Waals surface area contributed by atoms with E-state index < -0.39 is 0 Å². The number of esters is 1. The molecular weight excluding hydrogens is 252 g/mol. The third-order valence-corrected chi connectivity index (χ3v) is 3.79.